The van der Waals surface area contributed by atoms with E-state index in [0.717, 1.165) is 16.5 Å². The molecule has 0 fully saturated rings. The lowest BCUT2D eigenvalue weighted by molar-refractivity contribution is 0.286. The molecule has 86 valence electrons. The van der Waals surface area contributed by atoms with Gasteiger partial charge in [-0.25, -0.2) is 0 Å². The Hall–Kier alpha value is -1.67. The van der Waals surface area contributed by atoms with Crippen LogP contribution in [0.3, 0.4) is 0 Å². The smallest absolute Gasteiger partial charge is 0.142 e. The van der Waals surface area contributed by atoms with Crippen molar-refractivity contribution in [2.75, 3.05) is 11.9 Å². The highest BCUT2D eigenvalue weighted by molar-refractivity contribution is 6.30. The first-order valence-electron chi connectivity index (χ1n) is 5.57. The molecule has 0 bridgehead atoms. The van der Waals surface area contributed by atoms with E-state index >= 15 is 0 Å². The van der Waals surface area contributed by atoms with Gasteiger partial charge in [-0.2, -0.15) is 0 Å². The maximum atomic E-state index is 5.88. The van der Waals surface area contributed by atoms with Gasteiger partial charge in [-0.15, -0.1) is 0 Å². The molecule has 3 heteroatoms. The second-order valence-corrected chi connectivity index (χ2v) is 4.49. The van der Waals surface area contributed by atoms with E-state index in [4.69, 9.17) is 16.3 Å². The van der Waals surface area contributed by atoms with Crippen molar-refractivity contribution in [3.05, 3.63) is 59.1 Å². The van der Waals surface area contributed by atoms with E-state index in [2.05, 4.69) is 5.32 Å². The summed E-state index contributed by atoms with van der Waals surface area (Å²) in [7, 11) is 0. The van der Waals surface area contributed by atoms with E-state index in [1.54, 1.807) is 0 Å². The zero-order valence-electron chi connectivity index (χ0n) is 9.19. The molecule has 0 saturated carbocycles. The van der Waals surface area contributed by atoms with Crippen LogP contribution >= 0.6 is 11.6 Å². The molecular formula is C14H12ClNO. The average molecular weight is 246 g/mol. The number of para-hydroxylation sites is 2. The fourth-order valence-corrected chi connectivity index (χ4v) is 2.11. The van der Waals surface area contributed by atoms with Gasteiger partial charge in [0.05, 0.1) is 11.7 Å². The van der Waals surface area contributed by atoms with Crippen molar-refractivity contribution in [1.82, 2.24) is 0 Å². The summed E-state index contributed by atoms with van der Waals surface area (Å²) in [4.78, 5) is 0. The maximum Gasteiger partial charge on any atom is 0.142 e. The number of nitrogens with one attached hydrogen (secondary N) is 1. The molecule has 2 aromatic rings. The molecule has 0 amide bonds. The second kappa shape index (κ2) is 4.30. The predicted molar refractivity (Wildman–Crippen MR) is 69.8 cm³/mol. The lowest BCUT2D eigenvalue weighted by Crippen LogP contribution is -2.23. The molecule has 0 saturated heterocycles. The SMILES string of the molecule is Clc1ccc(C2COc3ccccc3N2)cc1. The molecule has 1 heterocycles. The Morgan fingerprint density at radius 3 is 2.65 bits per heavy atom. The van der Waals surface area contributed by atoms with Gasteiger partial charge >= 0.3 is 0 Å². The third-order valence-electron chi connectivity index (χ3n) is 2.89. The molecule has 3 rings (SSSR count). The molecule has 0 spiro atoms. The highest BCUT2D eigenvalue weighted by atomic mass is 35.5. The summed E-state index contributed by atoms with van der Waals surface area (Å²) in [6.07, 6.45) is 0. The Bertz CT molecular complexity index is 524. The third kappa shape index (κ3) is 2.08. The summed E-state index contributed by atoms with van der Waals surface area (Å²) in [6.45, 7) is 0.638. The number of anilines is 1. The fourth-order valence-electron chi connectivity index (χ4n) is 1.99. The molecule has 0 aliphatic carbocycles. The Labute approximate surface area is 105 Å². The monoisotopic (exact) mass is 245 g/mol. The lowest BCUT2D eigenvalue weighted by Gasteiger charge is -2.27. The molecule has 1 aliphatic rings. The number of hydrogen-bond acceptors (Lipinski definition) is 2. The maximum absolute atomic E-state index is 5.88. The van der Waals surface area contributed by atoms with E-state index in [1.165, 1.54) is 5.56 Å². The molecule has 1 atom stereocenters. The van der Waals surface area contributed by atoms with Crippen molar-refractivity contribution in [3.63, 3.8) is 0 Å². The summed E-state index contributed by atoms with van der Waals surface area (Å²) in [5.74, 6) is 0.915. The summed E-state index contributed by atoms with van der Waals surface area (Å²) in [5, 5.41) is 4.22. The Morgan fingerprint density at radius 1 is 1.06 bits per heavy atom. The van der Waals surface area contributed by atoms with Crippen molar-refractivity contribution < 1.29 is 4.74 Å². The Kier molecular flexibility index (Phi) is 2.65. The van der Waals surface area contributed by atoms with Crippen LogP contribution in [0.2, 0.25) is 5.02 Å². The first-order chi connectivity index (χ1) is 8.33. The van der Waals surface area contributed by atoms with E-state index < -0.39 is 0 Å². The van der Waals surface area contributed by atoms with E-state index in [-0.39, 0.29) is 6.04 Å². The minimum absolute atomic E-state index is 0.183. The van der Waals surface area contributed by atoms with Crippen LogP contribution in [0.4, 0.5) is 5.69 Å². The minimum atomic E-state index is 0.183. The largest absolute Gasteiger partial charge is 0.489 e. The third-order valence-corrected chi connectivity index (χ3v) is 3.15. The van der Waals surface area contributed by atoms with Crippen LogP contribution in [-0.2, 0) is 0 Å². The number of rotatable bonds is 1. The van der Waals surface area contributed by atoms with Crippen molar-refractivity contribution in [3.8, 4) is 5.75 Å². The van der Waals surface area contributed by atoms with Crippen molar-refractivity contribution in [2.45, 2.75) is 6.04 Å². The summed E-state index contributed by atoms with van der Waals surface area (Å²) < 4.78 is 5.73. The van der Waals surface area contributed by atoms with Gasteiger partial charge in [0, 0.05) is 5.02 Å². The van der Waals surface area contributed by atoms with Crippen LogP contribution < -0.4 is 10.1 Å². The fraction of sp³-hybridized carbons (Fsp3) is 0.143. The van der Waals surface area contributed by atoms with E-state index in [1.807, 2.05) is 48.5 Å². The second-order valence-electron chi connectivity index (χ2n) is 4.06. The Morgan fingerprint density at radius 2 is 1.82 bits per heavy atom. The van der Waals surface area contributed by atoms with Gasteiger partial charge in [0.2, 0.25) is 0 Å². The summed E-state index contributed by atoms with van der Waals surface area (Å²) >= 11 is 5.88. The van der Waals surface area contributed by atoms with Crippen LogP contribution in [-0.4, -0.2) is 6.61 Å². The Balaban J connectivity index is 1.86. The van der Waals surface area contributed by atoms with Gasteiger partial charge in [-0.1, -0.05) is 35.9 Å². The molecular weight excluding hydrogens is 234 g/mol. The lowest BCUT2D eigenvalue weighted by atomic mass is 10.1. The topological polar surface area (TPSA) is 21.3 Å². The molecule has 2 aromatic carbocycles. The molecule has 17 heavy (non-hydrogen) atoms. The van der Waals surface area contributed by atoms with Crippen molar-refractivity contribution in [2.24, 2.45) is 0 Å². The first-order valence-corrected chi connectivity index (χ1v) is 5.94. The summed E-state index contributed by atoms with van der Waals surface area (Å²) in [5.41, 5.74) is 2.22. The van der Waals surface area contributed by atoms with Gasteiger partial charge < -0.3 is 10.1 Å². The number of ether oxygens (including phenoxy) is 1. The highest BCUT2D eigenvalue weighted by Gasteiger charge is 2.19. The van der Waals surface area contributed by atoms with Gasteiger partial charge in [0.15, 0.2) is 0 Å². The highest BCUT2D eigenvalue weighted by Crippen LogP contribution is 2.33. The standard InChI is InChI=1S/C14H12ClNO/c15-11-7-5-10(6-8-11)13-9-17-14-4-2-1-3-12(14)16-13/h1-8,13,16H,9H2. The predicted octanol–water partition coefficient (Wildman–Crippen LogP) is 3.89. The first kappa shape index (κ1) is 10.5. The van der Waals surface area contributed by atoms with Gasteiger partial charge in [-0.05, 0) is 29.8 Å². The quantitative estimate of drug-likeness (QED) is 0.823. The summed E-state index contributed by atoms with van der Waals surface area (Å²) in [6, 6.07) is 16.0. The van der Waals surface area contributed by atoms with Gasteiger partial charge in [0.25, 0.3) is 0 Å². The van der Waals surface area contributed by atoms with Crippen molar-refractivity contribution in [1.29, 1.82) is 0 Å². The van der Waals surface area contributed by atoms with Crippen molar-refractivity contribution >= 4 is 17.3 Å². The van der Waals surface area contributed by atoms with Crippen LogP contribution in [0.1, 0.15) is 11.6 Å². The number of benzene rings is 2. The molecule has 0 radical (unpaired) electrons. The van der Waals surface area contributed by atoms with Crippen LogP contribution in [0, 0.1) is 0 Å². The molecule has 1 unspecified atom stereocenters. The molecule has 1 N–H and O–H groups in total. The van der Waals surface area contributed by atoms with E-state index in [9.17, 15) is 0 Å². The zero-order chi connectivity index (χ0) is 11.7. The average Bonchev–Trinajstić information content (AvgIpc) is 2.39. The number of halogens is 1. The normalized spacial score (nSPS) is 17.8. The van der Waals surface area contributed by atoms with Crippen LogP contribution in [0.15, 0.2) is 48.5 Å². The minimum Gasteiger partial charge on any atom is -0.489 e. The van der Waals surface area contributed by atoms with Crippen LogP contribution in [0.25, 0.3) is 0 Å². The molecule has 1 aliphatic heterocycles. The molecule has 0 aromatic heterocycles. The van der Waals surface area contributed by atoms with Gasteiger partial charge in [-0.3, -0.25) is 0 Å². The zero-order valence-corrected chi connectivity index (χ0v) is 9.95. The van der Waals surface area contributed by atoms with E-state index in [0.29, 0.717) is 6.61 Å². The van der Waals surface area contributed by atoms with Gasteiger partial charge in [0.1, 0.15) is 12.4 Å². The van der Waals surface area contributed by atoms with Crippen LogP contribution in [0.5, 0.6) is 5.75 Å². The number of fused-ring (bicyclic) bond motifs is 1. The molecule has 2 nitrogen and oxygen atoms in total. The number of hydrogen-bond donors (Lipinski definition) is 1.